The summed E-state index contributed by atoms with van der Waals surface area (Å²) in [4.78, 5) is 17.1. The van der Waals surface area contributed by atoms with Gasteiger partial charge in [0.05, 0.1) is 5.92 Å². The number of hydrogen-bond donors (Lipinski definition) is 0. The molecule has 0 N–H and O–H groups in total. The zero-order chi connectivity index (χ0) is 17.6. The highest BCUT2D eigenvalue weighted by Crippen LogP contribution is 2.23. The van der Waals surface area contributed by atoms with Crippen LogP contribution in [0.5, 0.6) is 0 Å². The lowest BCUT2D eigenvalue weighted by molar-refractivity contribution is -0.136. The first-order valence-corrected chi connectivity index (χ1v) is 9.67. The van der Waals surface area contributed by atoms with Crippen LogP contribution in [-0.2, 0) is 17.9 Å². The standard InChI is InChI=1S/C21H25BrN2O/c1-23(14-17-8-3-2-4-9-17)21(25)19-11-7-13-24(16-19)15-18-10-5-6-12-20(18)22/h2-6,8-10,12,19H,7,11,13-16H2,1H3. The number of hydrogen-bond acceptors (Lipinski definition) is 2. The molecule has 0 spiro atoms. The van der Waals surface area contributed by atoms with E-state index in [2.05, 4.69) is 51.2 Å². The highest BCUT2D eigenvalue weighted by Gasteiger charge is 2.28. The van der Waals surface area contributed by atoms with Gasteiger partial charge in [-0.05, 0) is 36.6 Å². The fraction of sp³-hybridized carbons (Fsp3) is 0.381. The van der Waals surface area contributed by atoms with Crippen molar-refractivity contribution in [2.24, 2.45) is 5.92 Å². The van der Waals surface area contributed by atoms with Gasteiger partial charge in [-0.3, -0.25) is 9.69 Å². The average Bonchev–Trinajstić information content (AvgIpc) is 2.64. The smallest absolute Gasteiger partial charge is 0.227 e. The Balaban J connectivity index is 1.58. The molecule has 4 heteroatoms. The zero-order valence-corrected chi connectivity index (χ0v) is 16.3. The normalized spacial score (nSPS) is 18.1. The maximum atomic E-state index is 12.9. The van der Waals surface area contributed by atoms with Crippen molar-refractivity contribution in [1.29, 1.82) is 0 Å². The third-order valence-electron chi connectivity index (χ3n) is 4.85. The summed E-state index contributed by atoms with van der Waals surface area (Å²) in [5, 5.41) is 0. The first-order chi connectivity index (χ1) is 12.1. The Hall–Kier alpha value is -1.65. The van der Waals surface area contributed by atoms with Gasteiger partial charge >= 0.3 is 0 Å². The van der Waals surface area contributed by atoms with Crippen molar-refractivity contribution in [2.45, 2.75) is 25.9 Å². The molecule has 132 valence electrons. The van der Waals surface area contributed by atoms with Gasteiger partial charge in [0.25, 0.3) is 0 Å². The maximum absolute atomic E-state index is 12.9. The van der Waals surface area contributed by atoms with Crippen LogP contribution in [-0.4, -0.2) is 35.8 Å². The van der Waals surface area contributed by atoms with E-state index < -0.39 is 0 Å². The summed E-state index contributed by atoms with van der Waals surface area (Å²) in [6, 6.07) is 18.5. The predicted molar refractivity (Wildman–Crippen MR) is 105 cm³/mol. The number of piperidine rings is 1. The number of carbonyl (C=O) groups excluding carboxylic acids is 1. The Morgan fingerprint density at radius 3 is 2.64 bits per heavy atom. The van der Waals surface area contributed by atoms with Gasteiger partial charge in [-0.25, -0.2) is 0 Å². The Kier molecular flexibility index (Phi) is 6.27. The Labute approximate surface area is 158 Å². The van der Waals surface area contributed by atoms with Crippen molar-refractivity contribution in [2.75, 3.05) is 20.1 Å². The molecule has 2 aromatic carbocycles. The third kappa shape index (κ3) is 4.93. The number of rotatable bonds is 5. The molecule has 0 bridgehead atoms. The topological polar surface area (TPSA) is 23.6 Å². The SMILES string of the molecule is CN(Cc1ccccc1)C(=O)C1CCCN(Cc2ccccc2Br)C1. The molecule has 0 aromatic heterocycles. The molecule has 0 aliphatic carbocycles. The first-order valence-electron chi connectivity index (χ1n) is 8.88. The number of nitrogens with zero attached hydrogens (tertiary/aromatic N) is 2. The van der Waals surface area contributed by atoms with E-state index in [9.17, 15) is 4.79 Å². The summed E-state index contributed by atoms with van der Waals surface area (Å²) in [5.74, 6) is 0.366. The van der Waals surface area contributed by atoms with E-state index in [1.165, 1.54) is 11.1 Å². The summed E-state index contributed by atoms with van der Waals surface area (Å²) in [6.45, 7) is 3.49. The van der Waals surface area contributed by atoms with Crippen LogP contribution in [0, 0.1) is 5.92 Å². The molecule has 3 rings (SSSR count). The van der Waals surface area contributed by atoms with E-state index in [0.717, 1.165) is 36.9 Å². The van der Waals surface area contributed by atoms with Crippen molar-refractivity contribution >= 4 is 21.8 Å². The quantitative estimate of drug-likeness (QED) is 0.745. The second-order valence-corrected chi connectivity index (χ2v) is 7.70. The average molecular weight is 401 g/mol. The van der Waals surface area contributed by atoms with E-state index in [-0.39, 0.29) is 11.8 Å². The van der Waals surface area contributed by atoms with Crippen molar-refractivity contribution < 1.29 is 4.79 Å². The first kappa shape index (κ1) is 18.2. The second-order valence-electron chi connectivity index (χ2n) is 6.85. The Morgan fingerprint density at radius 2 is 1.88 bits per heavy atom. The second kappa shape index (κ2) is 8.63. The van der Waals surface area contributed by atoms with Crippen LogP contribution >= 0.6 is 15.9 Å². The van der Waals surface area contributed by atoms with E-state index >= 15 is 0 Å². The lowest BCUT2D eigenvalue weighted by Gasteiger charge is -2.34. The molecule has 1 atom stereocenters. The number of halogens is 1. The minimum atomic E-state index is 0.102. The molecule has 2 aromatic rings. The Bertz CT molecular complexity index is 704. The lowest BCUT2D eigenvalue weighted by Crippen LogP contribution is -2.43. The minimum absolute atomic E-state index is 0.102. The van der Waals surface area contributed by atoms with E-state index in [4.69, 9.17) is 0 Å². The maximum Gasteiger partial charge on any atom is 0.227 e. The number of carbonyl (C=O) groups is 1. The molecular weight excluding hydrogens is 376 g/mol. The monoisotopic (exact) mass is 400 g/mol. The fourth-order valence-corrected chi connectivity index (χ4v) is 3.93. The van der Waals surface area contributed by atoms with Gasteiger partial charge in [-0.2, -0.15) is 0 Å². The summed E-state index contributed by atoms with van der Waals surface area (Å²) in [6.07, 6.45) is 2.07. The van der Waals surface area contributed by atoms with Gasteiger partial charge in [0.15, 0.2) is 0 Å². The number of benzene rings is 2. The van der Waals surface area contributed by atoms with Crippen LogP contribution in [0.15, 0.2) is 59.1 Å². The van der Waals surface area contributed by atoms with Gasteiger partial charge in [-0.15, -0.1) is 0 Å². The summed E-state index contributed by atoms with van der Waals surface area (Å²) in [5.41, 5.74) is 2.47. The molecule has 1 heterocycles. The van der Waals surface area contributed by atoms with Crippen LogP contribution in [0.25, 0.3) is 0 Å². The van der Waals surface area contributed by atoms with Gasteiger partial charge in [0, 0.05) is 31.2 Å². The van der Waals surface area contributed by atoms with Crippen molar-refractivity contribution in [3.63, 3.8) is 0 Å². The molecule has 1 aliphatic rings. The Morgan fingerprint density at radius 1 is 1.16 bits per heavy atom. The summed E-state index contributed by atoms with van der Waals surface area (Å²) in [7, 11) is 1.92. The molecule has 3 nitrogen and oxygen atoms in total. The highest BCUT2D eigenvalue weighted by atomic mass is 79.9. The predicted octanol–water partition coefficient (Wildman–Crippen LogP) is 4.32. The van der Waals surface area contributed by atoms with Crippen LogP contribution in [0.1, 0.15) is 24.0 Å². The molecular formula is C21H25BrN2O. The van der Waals surface area contributed by atoms with Crippen molar-refractivity contribution in [3.8, 4) is 0 Å². The molecule has 25 heavy (non-hydrogen) atoms. The molecule has 1 amide bonds. The lowest BCUT2D eigenvalue weighted by atomic mass is 9.96. The van der Waals surface area contributed by atoms with E-state index in [0.29, 0.717) is 6.54 Å². The van der Waals surface area contributed by atoms with Gasteiger partial charge in [0.2, 0.25) is 5.91 Å². The third-order valence-corrected chi connectivity index (χ3v) is 5.62. The molecule has 1 unspecified atom stereocenters. The number of likely N-dealkylation sites (tertiary alicyclic amines) is 1. The van der Waals surface area contributed by atoms with Crippen LogP contribution in [0.2, 0.25) is 0 Å². The van der Waals surface area contributed by atoms with Crippen molar-refractivity contribution in [1.82, 2.24) is 9.80 Å². The summed E-state index contributed by atoms with van der Waals surface area (Å²) < 4.78 is 1.14. The minimum Gasteiger partial charge on any atom is -0.341 e. The van der Waals surface area contributed by atoms with Gasteiger partial charge in [0.1, 0.15) is 0 Å². The summed E-state index contributed by atoms with van der Waals surface area (Å²) >= 11 is 3.63. The van der Waals surface area contributed by atoms with E-state index in [1.54, 1.807) is 0 Å². The fourth-order valence-electron chi connectivity index (χ4n) is 3.52. The molecule has 1 fully saturated rings. The van der Waals surface area contributed by atoms with Gasteiger partial charge < -0.3 is 4.90 Å². The van der Waals surface area contributed by atoms with E-state index in [1.807, 2.05) is 36.2 Å². The zero-order valence-electron chi connectivity index (χ0n) is 14.7. The molecule has 1 aliphatic heterocycles. The van der Waals surface area contributed by atoms with Crippen LogP contribution in [0.4, 0.5) is 0 Å². The van der Waals surface area contributed by atoms with Crippen LogP contribution in [0.3, 0.4) is 0 Å². The number of amides is 1. The van der Waals surface area contributed by atoms with Crippen LogP contribution < -0.4 is 0 Å². The largest absolute Gasteiger partial charge is 0.341 e. The molecule has 0 saturated carbocycles. The molecule has 1 saturated heterocycles. The van der Waals surface area contributed by atoms with Crippen molar-refractivity contribution in [3.05, 3.63) is 70.2 Å². The van der Waals surface area contributed by atoms with Gasteiger partial charge in [-0.1, -0.05) is 64.5 Å². The highest BCUT2D eigenvalue weighted by molar-refractivity contribution is 9.10. The molecule has 0 radical (unpaired) electrons.